The lowest BCUT2D eigenvalue weighted by atomic mass is 9.94. The van der Waals surface area contributed by atoms with Crippen LogP contribution in [0.15, 0.2) is 43.0 Å². The molecule has 1 aliphatic rings. The molecule has 0 radical (unpaired) electrons. The Morgan fingerprint density at radius 1 is 1.43 bits per heavy atom. The van der Waals surface area contributed by atoms with E-state index in [1.807, 2.05) is 24.3 Å². The number of pyridine rings is 1. The highest BCUT2D eigenvalue weighted by Crippen LogP contribution is 2.31. The van der Waals surface area contributed by atoms with Gasteiger partial charge in [0.1, 0.15) is 6.07 Å². The molecule has 1 aromatic carbocycles. The van der Waals surface area contributed by atoms with Gasteiger partial charge in [-0.25, -0.2) is 4.98 Å². The minimum Gasteiger partial charge on any atom is -0.369 e. The molecule has 3 heterocycles. The number of nitrogens with one attached hydrogen (secondary N) is 2. The average molecular weight is 403 g/mol. The number of fused-ring (bicyclic) bond motifs is 1. The van der Waals surface area contributed by atoms with Crippen LogP contribution in [0.1, 0.15) is 24.6 Å². The lowest BCUT2D eigenvalue weighted by Gasteiger charge is -2.39. The molecule has 3 atom stereocenters. The summed E-state index contributed by atoms with van der Waals surface area (Å²) in [5.41, 5.74) is 9.24. The summed E-state index contributed by atoms with van der Waals surface area (Å²) in [6.07, 6.45) is 6.28. The zero-order valence-electron chi connectivity index (χ0n) is 16.9. The van der Waals surface area contributed by atoms with Crippen LogP contribution in [0.4, 0.5) is 5.69 Å². The summed E-state index contributed by atoms with van der Waals surface area (Å²) in [6.45, 7) is 3.74. The molecule has 0 spiro atoms. The molecule has 3 aromatic rings. The van der Waals surface area contributed by atoms with Crippen LogP contribution in [-0.4, -0.2) is 46.0 Å². The number of H-pyrrole nitrogens is 1. The van der Waals surface area contributed by atoms with Gasteiger partial charge in [-0.2, -0.15) is 5.26 Å². The molecule has 1 amide bonds. The number of nitriles is 1. The summed E-state index contributed by atoms with van der Waals surface area (Å²) in [6, 6.07) is 9.25. The third-order valence-corrected chi connectivity index (χ3v) is 5.55. The number of aromatic nitrogens is 3. The molecule has 8 nitrogen and oxygen atoms in total. The van der Waals surface area contributed by atoms with Crippen LogP contribution in [0.3, 0.4) is 0 Å². The van der Waals surface area contributed by atoms with Crippen molar-refractivity contribution in [3.05, 3.63) is 54.2 Å². The first-order valence-corrected chi connectivity index (χ1v) is 10.1. The molecule has 4 rings (SSSR count). The number of aromatic amines is 1. The number of hydrogen-bond donors (Lipinski definition) is 3. The fraction of sp³-hybridized carbons (Fsp3) is 0.364. The lowest BCUT2D eigenvalue weighted by Crippen LogP contribution is -2.54. The Labute approximate surface area is 175 Å². The van der Waals surface area contributed by atoms with Crippen LogP contribution in [-0.2, 0) is 11.2 Å². The van der Waals surface area contributed by atoms with Crippen molar-refractivity contribution in [2.24, 2.45) is 11.7 Å². The van der Waals surface area contributed by atoms with Gasteiger partial charge in [-0.1, -0.05) is 6.92 Å². The Kier molecular flexibility index (Phi) is 5.63. The summed E-state index contributed by atoms with van der Waals surface area (Å²) in [7, 11) is 0. The summed E-state index contributed by atoms with van der Waals surface area (Å²) in [5, 5.41) is 13.5. The van der Waals surface area contributed by atoms with Crippen LogP contribution < -0.4 is 16.0 Å². The van der Waals surface area contributed by atoms with Crippen molar-refractivity contribution in [1.82, 2.24) is 20.3 Å². The van der Waals surface area contributed by atoms with Crippen LogP contribution >= 0.6 is 0 Å². The van der Waals surface area contributed by atoms with E-state index >= 15 is 0 Å². The SMILES string of the molecule is C[C@H]1C[C@@H](NC(=O)C(N)Cc2cnc[nH]2)CN(c2ccc(C#N)c3ncccc23)C1. The molecule has 1 saturated heterocycles. The molecule has 0 aliphatic carbocycles. The number of imidazole rings is 1. The predicted octanol–water partition coefficient (Wildman–Crippen LogP) is 1.73. The van der Waals surface area contributed by atoms with Crippen molar-refractivity contribution >= 4 is 22.5 Å². The van der Waals surface area contributed by atoms with E-state index in [0.717, 1.165) is 29.7 Å². The predicted molar refractivity (Wildman–Crippen MR) is 115 cm³/mol. The smallest absolute Gasteiger partial charge is 0.237 e. The minimum absolute atomic E-state index is 0.00330. The normalized spacial score (nSPS) is 20.0. The van der Waals surface area contributed by atoms with Crippen LogP contribution in [0.2, 0.25) is 0 Å². The van der Waals surface area contributed by atoms with Gasteiger partial charge in [-0.05, 0) is 36.6 Å². The van der Waals surface area contributed by atoms with Gasteiger partial charge in [0.15, 0.2) is 0 Å². The Bertz CT molecular complexity index is 1070. The standard InChI is InChI=1S/C22H25N7O/c1-14-7-17(28-22(30)19(24)8-16-10-25-13-27-16)12-29(11-14)20-5-4-15(9-23)21-18(20)3-2-6-26-21/h2-6,10,13-14,17,19H,7-8,11-12,24H2,1H3,(H,25,27)(H,28,30)/t14-,17+,19?/m0/s1. The molecule has 154 valence electrons. The molecule has 8 heteroatoms. The monoisotopic (exact) mass is 403 g/mol. The molecule has 0 saturated carbocycles. The number of hydrogen-bond acceptors (Lipinski definition) is 6. The van der Waals surface area contributed by atoms with Gasteiger partial charge in [-0.3, -0.25) is 9.78 Å². The van der Waals surface area contributed by atoms with Crippen molar-refractivity contribution in [3.8, 4) is 6.07 Å². The fourth-order valence-electron chi connectivity index (χ4n) is 4.21. The maximum atomic E-state index is 12.6. The first-order valence-electron chi connectivity index (χ1n) is 10.1. The lowest BCUT2D eigenvalue weighted by molar-refractivity contribution is -0.123. The summed E-state index contributed by atoms with van der Waals surface area (Å²) in [5.74, 6) is 0.241. The zero-order chi connectivity index (χ0) is 21.1. The topological polar surface area (TPSA) is 124 Å². The molecule has 1 aliphatic heterocycles. The van der Waals surface area contributed by atoms with Gasteiger partial charge in [0, 0.05) is 54.7 Å². The van der Waals surface area contributed by atoms with E-state index in [1.165, 1.54) is 0 Å². The van der Waals surface area contributed by atoms with Crippen LogP contribution in [0, 0.1) is 17.2 Å². The number of piperidine rings is 1. The quantitative estimate of drug-likeness (QED) is 0.596. The first-order chi connectivity index (χ1) is 14.5. The van der Waals surface area contributed by atoms with E-state index in [-0.39, 0.29) is 11.9 Å². The Hall–Kier alpha value is -3.44. The number of amides is 1. The van der Waals surface area contributed by atoms with Gasteiger partial charge in [0.2, 0.25) is 5.91 Å². The number of benzene rings is 1. The number of rotatable bonds is 5. The zero-order valence-corrected chi connectivity index (χ0v) is 16.9. The van der Waals surface area contributed by atoms with Crippen LogP contribution in [0.25, 0.3) is 10.9 Å². The van der Waals surface area contributed by atoms with E-state index in [1.54, 1.807) is 18.7 Å². The Morgan fingerprint density at radius 2 is 2.30 bits per heavy atom. The van der Waals surface area contributed by atoms with Crippen molar-refractivity contribution in [3.63, 3.8) is 0 Å². The molecule has 0 bridgehead atoms. The molecular weight excluding hydrogens is 378 g/mol. The third kappa shape index (κ3) is 4.11. The first kappa shape index (κ1) is 19.9. The number of anilines is 1. The van der Waals surface area contributed by atoms with Gasteiger partial charge < -0.3 is 20.9 Å². The second-order valence-electron chi connectivity index (χ2n) is 7.98. The number of nitrogens with zero attached hydrogens (tertiary/aromatic N) is 4. The molecule has 4 N–H and O–H groups in total. The minimum atomic E-state index is -0.629. The second-order valence-corrected chi connectivity index (χ2v) is 7.98. The Balaban J connectivity index is 1.51. The molecule has 30 heavy (non-hydrogen) atoms. The third-order valence-electron chi connectivity index (χ3n) is 5.55. The highest BCUT2D eigenvalue weighted by molar-refractivity contribution is 5.95. The van der Waals surface area contributed by atoms with Gasteiger partial charge in [0.05, 0.1) is 23.4 Å². The average Bonchev–Trinajstić information content (AvgIpc) is 3.25. The largest absolute Gasteiger partial charge is 0.369 e. The molecule has 2 aromatic heterocycles. The summed E-state index contributed by atoms with van der Waals surface area (Å²) >= 11 is 0. The molecule has 1 fully saturated rings. The summed E-state index contributed by atoms with van der Waals surface area (Å²) in [4.78, 5) is 26.3. The van der Waals surface area contributed by atoms with Gasteiger partial charge >= 0.3 is 0 Å². The van der Waals surface area contributed by atoms with E-state index in [4.69, 9.17) is 5.73 Å². The molecule has 1 unspecified atom stereocenters. The number of carbonyl (C=O) groups excluding carboxylic acids is 1. The fourth-order valence-corrected chi connectivity index (χ4v) is 4.21. The van der Waals surface area contributed by atoms with Crippen molar-refractivity contribution in [2.45, 2.75) is 31.8 Å². The second kappa shape index (κ2) is 8.51. The summed E-state index contributed by atoms with van der Waals surface area (Å²) < 4.78 is 0. The van der Waals surface area contributed by atoms with Crippen molar-refractivity contribution in [1.29, 1.82) is 5.26 Å². The van der Waals surface area contributed by atoms with Crippen molar-refractivity contribution in [2.75, 3.05) is 18.0 Å². The van der Waals surface area contributed by atoms with Gasteiger partial charge in [0.25, 0.3) is 0 Å². The van der Waals surface area contributed by atoms with Gasteiger partial charge in [-0.15, -0.1) is 0 Å². The van der Waals surface area contributed by atoms with E-state index in [9.17, 15) is 10.1 Å². The van der Waals surface area contributed by atoms with E-state index in [2.05, 4.69) is 38.2 Å². The highest BCUT2D eigenvalue weighted by atomic mass is 16.2. The number of carbonyl (C=O) groups is 1. The van der Waals surface area contributed by atoms with E-state index < -0.39 is 6.04 Å². The maximum Gasteiger partial charge on any atom is 0.237 e. The van der Waals surface area contributed by atoms with Crippen molar-refractivity contribution < 1.29 is 4.79 Å². The number of nitrogens with two attached hydrogens (primary N) is 1. The highest BCUT2D eigenvalue weighted by Gasteiger charge is 2.28. The maximum absolute atomic E-state index is 12.6. The van der Waals surface area contributed by atoms with Crippen LogP contribution in [0.5, 0.6) is 0 Å². The molecular formula is C22H25N7O. The van der Waals surface area contributed by atoms with E-state index in [0.29, 0.717) is 30.0 Å². The Morgan fingerprint density at radius 3 is 3.07 bits per heavy atom.